The summed E-state index contributed by atoms with van der Waals surface area (Å²) >= 11 is 1.17. The van der Waals surface area contributed by atoms with Crippen LogP contribution >= 0.6 is 11.3 Å². The fraction of sp³-hybridized carbons (Fsp3) is 0.310. The molecular weight excluding hydrogens is 539 g/mol. The third-order valence-corrected chi connectivity index (χ3v) is 6.90. The van der Waals surface area contributed by atoms with Gasteiger partial charge in [-0.05, 0) is 69.2 Å². The van der Waals surface area contributed by atoms with Gasteiger partial charge in [0.05, 0.1) is 41.7 Å². The molecule has 0 saturated heterocycles. The van der Waals surface area contributed by atoms with Gasteiger partial charge in [-0.15, -0.1) is 0 Å². The third kappa shape index (κ3) is 6.15. The van der Waals surface area contributed by atoms with Gasteiger partial charge in [0.1, 0.15) is 5.82 Å². The van der Waals surface area contributed by atoms with E-state index in [2.05, 4.69) is 4.99 Å². The van der Waals surface area contributed by atoms with Crippen molar-refractivity contribution in [2.75, 3.05) is 26.4 Å². The number of esters is 2. The molecule has 0 fully saturated rings. The van der Waals surface area contributed by atoms with Crippen molar-refractivity contribution in [1.29, 1.82) is 0 Å². The van der Waals surface area contributed by atoms with Crippen LogP contribution in [0.15, 0.2) is 63.5 Å². The van der Waals surface area contributed by atoms with Crippen LogP contribution in [0.2, 0.25) is 0 Å². The molecule has 210 valence electrons. The first kappa shape index (κ1) is 28.8. The van der Waals surface area contributed by atoms with E-state index in [4.69, 9.17) is 18.9 Å². The van der Waals surface area contributed by atoms with Crippen molar-refractivity contribution in [2.45, 2.75) is 33.7 Å². The Balaban J connectivity index is 1.79. The van der Waals surface area contributed by atoms with Crippen LogP contribution in [0.3, 0.4) is 0 Å². The van der Waals surface area contributed by atoms with Gasteiger partial charge in [-0.1, -0.05) is 29.5 Å². The Labute approximate surface area is 233 Å². The highest BCUT2D eigenvalue weighted by molar-refractivity contribution is 7.07. The van der Waals surface area contributed by atoms with Gasteiger partial charge >= 0.3 is 11.9 Å². The molecule has 2 aromatic carbocycles. The van der Waals surface area contributed by atoms with E-state index in [0.717, 1.165) is 0 Å². The monoisotopic (exact) mass is 568 g/mol. The molecule has 0 N–H and O–H groups in total. The van der Waals surface area contributed by atoms with Gasteiger partial charge in [0.2, 0.25) is 0 Å². The van der Waals surface area contributed by atoms with Gasteiger partial charge in [-0.25, -0.2) is 19.0 Å². The van der Waals surface area contributed by atoms with Crippen LogP contribution in [0.1, 0.15) is 44.9 Å². The van der Waals surface area contributed by atoms with E-state index in [1.54, 1.807) is 57.2 Å². The van der Waals surface area contributed by atoms with Gasteiger partial charge < -0.3 is 18.9 Å². The van der Waals surface area contributed by atoms with Crippen LogP contribution < -0.4 is 24.4 Å². The number of benzene rings is 2. The van der Waals surface area contributed by atoms with Crippen LogP contribution in [0.4, 0.5) is 4.39 Å². The maximum atomic E-state index is 13.7. The minimum absolute atomic E-state index is 0.151. The van der Waals surface area contributed by atoms with Crippen molar-refractivity contribution in [3.63, 3.8) is 0 Å². The molecule has 0 unspecified atom stereocenters. The first-order chi connectivity index (χ1) is 19.3. The second-order valence-electron chi connectivity index (χ2n) is 8.59. The van der Waals surface area contributed by atoms with E-state index < -0.39 is 23.8 Å². The molecule has 0 radical (unpaired) electrons. The van der Waals surface area contributed by atoms with E-state index in [1.165, 1.54) is 28.0 Å². The number of nitrogens with zero attached hydrogens (tertiary/aromatic N) is 2. The molecule has 2 heterocycles. The highest BCUT2D eigenvalue weighted by Crippen LogP contribution is 2.31. The van der Waals surface area contributed by atoms with Gasteiger partial charge in [-0.3, -0.25) is 9.36 Å². The summed E-state index contributed by atoms with van der Waals surface area (Å²) in [6, 6.07) is 9.89. The predicted molar refractivity (Wildman–Crippen MR) is 147 cm³/mol. The second-order valence-corrected chi connectivity index (χ2v) is 9.60. The van der Waals surface area contributed by atoms with E-state index >= 15 is 0 Å². The zero-order valence-electron chi connectivity index (χ0n) is 22.6. The molecular formula is C29H29FN2O7S. The van der Waals surface area contributed by atoms with Crippen molar-refractivity contribution >= 4 is 29.4 Å². The molecule has 1 atom stereocenters. The maximum Gasteiger partial charge on any atom is 0.344 e. The van der Waals surface area contributed by atoms with E-state index in [1.807, 2.05) is 6.92 Å². The topological polar surface area (TPSA) is 105 Å². The predicted octanol–water partition coefficient (Wildman–Crippen LogP) is 3.28. The highest BCUT2D eigenvalue weighted by Gasteiger charge is 2.33. The highest BCUT2D eigenvalue weighted by atomic mass is 32.1. The van der Waals surface area contributed by atoms with Crippen LogP contribution in [-0.2, 0) is 19.1 Å². The SMILES string of the molecule is CCOC(=O)COc1ccc(/C=c2\sc3n(c2=O)[C@@H](c2ccc(F)cc2)C(C(=O)OCC)=C(C)N=3)cc1OCC. The third-order valence-electron chi connectivity index (χ3n) is 5.92. The zero-order valence-corrected chi connectivity index (χ0v) is 23.4. The van der Waals surface area contributed by atoms with Gasteiger partial charge in [0.25, 0.3) is 5.56 Å². The largest absolute Gasteiger partial charge is 0.490 e. The number of aromatic nitrogens is 1. The first-order valence-electron chi connectivity index (χ1n) is 12.8. The summed E-state index contributed by atoms with van der Waals surface area (Å²) in [5.41, 5.74) is 1.47. The minimum atomic E-state index is -0.837. The molecule has 4 rings (SSSR count). The van der Waals surface area contributed by atoms with E-state index in [-0.39, 0.29) is 31.0 Å². The lowest BCUT2D eigenvalue weighted by atomic mass is 9.96. The number of rotatable bonds is 10. The zero-order chi connectivity index (χ0) is 28.8. The van der Waals surface area contributed by atoms with Gasteiger partial charge in [0, 0.05) is 0 Å². The van der Waals surface area contributed by atoms with Crippen molar-refractivity contribution < 1.29 is 32.9 Å². The summed E-state index contributed by atoms with van der Waals surface area (Å²) in [6.07, 6.45) is 1.69. The number of fused-ring (bicyclic) bond motifs is 1. The number of hydrogen-bond donors (Lipinski definition) is 0. The molecule has 1 aliphatic rings. The molecule has 0 bridgehead atoms. The number of halogens is 1. The molecule has 0 aliphatic carbocycles. The lowest BCUT2D eigenvalue weighted by Crippen LogP contribution is -2.39. The Morgan fingerprint density at radius 1 is 1.00 bits per heavy atom. The molecule has 11 heteroatoms. The quantitative estimate of drug-likeness (QED) is 0.346. The number of allylic oxidation sites excluding steroid dienone is 1. The Hall–Kier alpha value is -4.25. The molecule has 9 nitrogen and oxygen atoms in total. The summed E-state index contributed by atoms with van der Waals surface area (Å²) in [5.74, 6) is -0.762. The first-order valence-corrected chi connectivity index (χ1v) is 13.6. The van der Waals surface area contributed by atoms with Crippen molar-refractivity contribution in [2.24, 2.45) is 4.99 Å². The van der Waals surface area contributed by atoms with Crippen LogP contribution in [-0.4, -0.2) is 42.9 Å². The van der Waals surface area contributed by atoms with Crippen LogP contribution in [0.25, 0.3) is 6.08 Å². The molecule has 0 amide bonds. The van der Waals surface area contributed by atoms with Gasteiger partial charge in [-0.2, -0.15) is 0 Å². The lowest BCUT2D eigenvalue weighted by molar-refractivity contribution is -0.145. The molecule has 0 saturated carbocycles. The molecule has 1 aromatic heterocycles. The second kappa shape index (κ2) is 12.7. The average molecular weight is 569 g/mol. The Kier molecular flexibility index (Phi) is 9.15. The number of ether oxygens (including phenoxy) is 4. The normalized spacial score (nSPS) is 14.8. The Bertz CT molecular complexity index is 1620. The van der Waals surface area contributed by atoms with E-state index in [9.17, 15) is 18.8 Å². The minimum Gasteiger partial charge on any atom is -0.490 e. The Morgan fingerprint density at radius 2 is 1.73 bits per heavy atom. The average Bonchev–Trinajstić information content (AvgIpc) is 3.22. The number of hydrogen-bond acceptors (Lipinski definition) is 9. The molecule has 3 aromatic rings. The smallest absolute Gasteiger partial charge is 0.344 e. The Morgan fingerprint density at radius 3 is 2.40 bits per heavy atom. The summed E-state index contributed by atoms with van der Waals surface area (Å²) in [4.78, 5) is 43.3. The van der Waals surface area contributed by atoms with Crippen molar-refractivity contribution in [3.05, 3.63) is 90.4 Å². The van der Waals surface area contributed by atoms with E-state index in [0.29, 0.717) is 44.3 Å². The maximum absolute atomic E-state index is 13.7. The summed E-state index contributed by atoms with van der Waals surface area (Å²) in [6.45, 7) is 7.40. The summed E-state index contributed by atoms with van der Waals surface area (Å²) < 4.78 is 37.0. The molecule has 0 spiro atoms. The fourth-order valence-electron chi connectivity index (χ4n) is 4.24. The van der Waals surface area contributed by atoms with Gasteiger partial charge in [0.15, 0.2) is 22.9 Å². The molecule has 1 aliphatic heterocycles. The van der Waals surface area contributed by atoms with Crippen LogP contribution in [0.5, 0.6) is 11.5 Å². The van der Waals surface area contributed by atoms with Crippen molar-refractivity contribution in [1.82, 2.24) is 4.57 Å². The number of carbonyl (C=O) groups excluding carboxylic acids is 2. The summed E-state index contributed by atoms with van der Waals surface area (Å²) in [7, 11) is 0. The fourth-order valence-corrected chi connectivity index (χ4v) is 5.29. The molecule has 40 heavy (non-hydrogen) atoms. The number of carbonyl (C=O) groups is 2. The van der Waals surface area contributed by atoms with Crippen LogP contribution in [0, 0.1) is 5.82 Å². The standard InChI is InChI=1S/C29H29FN2O7S/c1-5-36-22-14-18(8-13-21(22)39-16-24(33)37-6-2)15-23-27(34)32-26(19-9-11-20(30)12-10-19)25(28(35)38-7-3)17(4)31-29(32)40-23/h8-15,26H,5-7,16H2,1-4H3/b23-15-/t26-/m0/s1. The number of thiazole rings is 1. The van der Waals surface area contributed by atoms with Crippen molar-refractivity contribution in [3.8, 4) is 11.5 Å². The lowest BCUT2D eigenvalue weighted by Gasteiger charge is -2.24. The summed E-state index contributed by atoms with van der Waals surface area (Å²) in [5, 5.41) is 0.